The first-order chi connectivity index (χ1) is 32.8. The summed E-state index contributed by atoms with van der Waals surface area (Å²) in [4.78, 5) is 54.1. The minimum absolute atomic E-state index is 0. The molecule has 1 aromatic heterocycles. The molecule has 0 radical (unpaired) electrons. The number of carbonyl (C=O) groups is 4. The number of ether oxygens (including phenoxy) is 1. The first-order valence-electron chi connectivity index (χ1n) is 21.6. The fourth-order valence-corrected chi connectivity index (χ4v) is 6.43. The molecule has 1 heterocycles. The Morgan fingerprint density at radius 1 is 0.729 bits per heavy atom. The number of halogens is 1. The Kier molecular flexibility index (Phi) is 31.0. The average Bonchev–Trinajstić information content (AvgIpc) is 3.63. The largest absolute Gasteiger partial charge is 0.481 e. The van der Waals surface area contributed by atoms with Crippen LogP contribution in [-0.2, 0) is 25.7 Å². The van der Waals surface area contributed by atoms with Crippen molar-refractivity contribution >= 4 is 29.5 Å². The van der Waals surface area contributed by atoms with E-state index in [1.54, 1.807) is 25.1 Å². The number of aliphatic hydroxyl groups is 5. The van der Waals surface area contributed by atoms with Gasteiger partial charge in [0.1, 0.15) is 24.1 Å². The van der Waals surface area contributed by atoms with Gasteiger partial charge in [0.25, 0.3) is 5.91 Å². The number of anilines is 1. The number of nitrogens with one attached hydrogen (secondary N) is 1. The third kappa shape index (κ3) is 24.0. The van der Waals surface area contributed by atoms with Crippen molar-refractivity contribution in [1.82, 2.24) is 4.57 Å². The number of nitrogens with zero attached hydrogens (tertiary/aromatic N) is 5. The number of carboxylic acids is 2. The van der Waals surface area contributed by atoms with E-state index in [4.69, 9.17) is 55.2 Å². The molecule has 2 unspecified atom stereocenters. The Labute approximate surface area is 408 Å². The second-order valence-corrected chi connectivity index (χ2v) is 15.4. The number of esters is 1. The summed E-state index contributed by atoms with van der Waals surface area (Å²) in [6.45, 7) is 24.8. The number of para-hydroxylation sites is 1. The van der Waals surface area contributed by atoms with E-state index < -0.39 is 48.4 Å². The van der Waals surface area contributed by atoms with Gasteiger partial charge in [0.2, 0.25) is 19.6 Å². The Bertz CT molecular complexity index is 2320. The van der Waals surface area contributed by atoms with Crippen molar-refractivity contribution in [3.8, 4) is 28.5 Å². The number of aliphatic hydroxyl groups excluding tert-OH is 5. The van der Waals surface area contributed by atoms with E-state index in [0.717, 1.165) is 22.5 Å². The second kappa shape index (κ2) is 34.7. The number of aromatic nitrogens is 1. The third-order valence-corrected chi connectivity index (χ3v) is 9.28. The molecule has 19 heteroatoms. The maximum Gasteiger partial charge on any atom is 0.308 e. The van der Waals surface area contributed by atoms with Crippen LogP contribution in [0.5, 0.6) is 0 Å². The van der Waals surface area contributed by atoms with Gasteiger partial charge in [-0.15, -0.1) is 0 Å². The molecule has 0 fully saturated rings. The first-order valence-corrected chi connectivity index (χ1v) is 21.6. The predicted molar refractivity (Wildman–Crippen MR) is 260 cm³/mol. The molecular formula is C51H63FN6O12. The maximum absolute atomic E-state index is 14.1. The SMILES string of the molecule is C.CCOC(=O)C[C@H](O)C[C@H](O)CCn1c(-c2ccc(F)cc2)c(-c2ccccc2)c(C(=O)Nc2ccccc2)c1C(C)C.[C-]#[N+]CC(O)CC#N.[C-]#[N+]CC(O)CC(=O)O.[C-]#[N+]C[C@H](O)CC(=O)O. The topological polar surface area (TPSA) is 273 Å². The number of nitriles is 1. The highest BCUT2D eigenvalue weighted by molar-refractivity contribution is 6.12. The molecule has 0 aliphatic rings. The third-order valence-electron chi connectivity index (χ3n) is 9.28. The van der Waals surface area contributed by atoms with Gasteiger partial charge in [-0.05, 0) is 73.2 Å². The zero-order valence-corrected chi connectivity index (χ0v) is 38.6. The van der Waals surface area contributed by atoms with Gasteiger partial charge < -0.3 is 64.9 Å². The van der Waals surface area contributed by atoms with E-state index >= 15 is 0 Å². The monoisotopic (exact) mass is 970 g/mol. The molecule has 0 saturated heterocycles. The lowest BCUT2D eigenvalue weighted by Crippen LogP contribution is -2.23. The minimum Gasteiger partial charge on any atom is -0.481 e. The van der Waals surface area contributed by atoms with Crippen molar-refractivity contribution in [3.05, 3.63) is 136 Å². The highest BCUT2D eigenvalue weighted by Gasteiger charge is 2.31. The van der Waals surface area contributed by atoms with Gasteiger partial charge in [-0.2, -0.15) is 5.26 Å². The molecule has 70 heavy (non-hydrogen) atoms. The predicted octanol–water partition coefficient (Wildman–Crippen LogP) is 7.09. The smallest absolute Gasteiger partial charge is 0.308 e. The van der Waals surface area contributed by atoms with Crippen LogP contribution in [0.3, 0.4) is 0 Å². The van der Waals surface area contributed by atoms with Gasteiger partial charge in [-0.1, -0.05) is 69.8 Å². The van der Waals surface area contributed by atoms with Crippen LogP contribution in [0.15, 0.2) is 84.9 Å². The van der Waals surface area contributed by atoms with E-state index in [1.807, 2.05) is 79.1 Å². The van der Waals surface area contributed by atoms with Gasteiger partial charge in [-0.25, -0.2) is 24.1 Å². The quantitative estimate of drug-likeness (QED) is 0.0306. The molecule has 4 rings (SSSR count). The zero-order chi connectivity index (χ0) is 51.9. The van der Waals surface area contributed by atoms with Gasteiger partial charge in [0, 0.05) is 23.5 Å². The number of hydrogen-bond donors (Lipinski definition) is 8. The minimum atomic E-state index is -1.08. The number of hydrogen-bond acceptors (Lipinski definition) is 11. The summed E-state index contributed by atoms with van der Waals surface area (Å²) in [5, 5.41) is 74.2. The van der Waals surface area contributed by atoms with E-state index in [0.29, 0.717) is 23.4 Å². The fraction of sp³-hybridized carbons (Fsp3) is 0.412. The van der Waals surface area contributed by atoms with Gasteiger partial charge in [-0.3, -0.25) is 19.2 Å². The van der Waals surface area contributed by atoms with Crippen LogP contribution in [0.4, 0.5) is 10.1 Å². The average molecular weight is 971 g/mol. The van der Waals surface area contributed by atoms with Gasteiger partial charge in [0.15, 0.2) is 0 Å². The lowest BCUT2D eigenvalue weighted by molar-refractivity contribution is -0.146. The highest BCUT2D eigenvalue weighted by atomic mass is 19.1. The fourth-order valence-electron chi connectivity index (χ4n) is 6.43. The molecule has 0 bridgehead atoms. The number of aliphatic carboxylic acids is 2. The van der Waals surface area contributed by atoms with Crippen LogP contribution in [0.2, 0.25) is 0 Å². The van der Waals surface area contributed by atoms with Crippen molar-refractivity contribution < 1.29 is 64.1 Å². The van der Waals surface area contributed by atoms with Crippen LogP contribution in [0, 0.1) is 36.9 Å². The molecule has 376 valence electrons. The Morgan fingerprint density at radius 3 is 1.69 bits per heavy atom. The summed E-state index contributed by atoms with van der Waals surface area (Å²) in [5.74, 6) is -3.42. The van der Waals surface area contributed by atoms with Crippen LogP contribution in [0.25, 0.3) is 36.9 Å². The molecular weight excluding hydrogens is 908 g/mol. The number of carboxylic acid groups (broad SMARTS) is 2. The van der Waals surface area contributed by atoms with Crippen molar-refractivity contribution in [3.63, 3.8) is 0 Å². The summed E-state index contributed by atoms with van der Waals surface area (Å²) >= 11 is 0. The molecule has 1 amide bonds. The van der Waals surface area contributed by atoms with E-state index in [2.05, 4.69) is 19.9 Å². The van der Waals surface area contributed by atoms with E-state index in [9.17, 15) is 33.8 Å². The lowest BCUT2D eigenvalue weighted by Gasteiger charge is -2.20. The normalized spacial score (nSPS) is 12.1. The number of amides is 1. The molecule has 8 N–H and O–H groups in total. The van der Waals surface area contributed by atoms with Crippen molar-refractivity contribution in [2.75, 3.05) is 31.6 Å². The summed E-state index contributed by atoms with van der Waals surface area (Å²) < 4.78 is 21.0. The maximum atomic E-state index is 14.1. The zero-order valence-electron chi connectivity index (χ0n) is 38.6. The van der Waals surface area contributed by atoms with Crippen LogP contribution in [-0.4, -0.2) is 121 Å². The van der Waals surface area contributed by atoms with Crippen LogP contribution < -0.4 is 5.32 Å². The van der Waals surface area contributed by atoms with Crippen LogP contribution in [0.1, 0.15) is 88.7 Å². The summed E-state index contributed by atoms with van der Waals surface area (Å²) in [6.07, 6.45) is -5.34. The molecule has 4 aromatic rings. The Hall–Kier alpha value is -7.49. The standard InChI is InChI=1S/C35H39FN2O5.C5H6N2O.2C5H7NO3.CH4/c1-4-43-30(41)22-29(40)21-28(39)19-20-38-33(23(2)3)32(35(42)37-27-13-9-6-10-14-27)31(24-11-7-5-8-12-24)34(38)25-15-17-26(36)18-16-25;1-7-4-5(8)2-3-6;2*1-6-3-4(7)2-5(8)9;/h5-18,23,28-29,39-40H,4,19-22H2,1-3H3,(H,37,42);5,8H,2,4H2;2*4,7H,2-3H2,(H,8,9);1H4/t28-,29-;;4-;;/m1.1../s1. The summed E-state index contributed by atoms with van der Waals surface area (Å²) in [6, 6.07) is 26.7. The number of rotatable bonds is 21. The summed E-state index contributed by atoms with van der Waals surface area (Å²) in [7, 11) is 0. The molecule has 5 atom stereocenters. The second-order valence-electron chi connectivity index (χ2n) is 15.4. The van der Waals surface area contributed by atoms with Crippen LogP contribution >= 0.6 is 0 Å². The lowest BCUT2D eigenvalue weighted by atomic mass is 9.94. The van der Waals surface area contributed by atoms with Crippen molar-refractivity contribution in [1.29, 1.82) is 5.26 Å². The molecule has 0 aliphatic heterocycles. The van der Waals surface area contributed by atoms with Crippen molar-refractivity contribution in [2.24, 2.45) is 0 Å². The Morgan fingerprint density at radius 2 is 1.23 bits per heavy atom. The first kappa shape index (κ1) is 62.5. The van der Waals surface area contributed by atoms with Crippen molar-refractivity contribution in [2.45, 2.75) is 110 Å². The molecule has 3 aromatic carbocycles. The van der Waals surface area contributed by atoms with Gasteiger partial charge >= 0.3 is 17.9 Å². The molecule has 18 nitrogen and oxygen atoms in total. The number of carbonyl (C=O) groups excluding carboxylic acids is 2. The molecule has 0 saturated carbocycles. The van der Waals surface area contributed by atoms with Gasteiger partial charge in [0.05, 0.1) is 61.8 Å². The molecule has 0 aliphatic carbocycles. The van der Waals surface area contributed by atoms with E-state index in [1.165, 1.54) is 12.1 Å². The summed E-state index contributed by atoms with van der Waals surface area (Å²) in [5.41, 5.74) is 4.91. The Balaban J connectivity index is 0.00000143. The number of benzene rings is 3. The molecule has 0 spiro atoms. The highest BCUT2D eigenvalue weighted by Crippen LogP contribution is 2.42. The van der Waals surface area contributed by atoms with E-state index in [-0.39, 0.29) is 89.8 Å².